The topological polar surface area (TPSA) is 67.1 Å². The molecule has 2 aromatic rings. The molecule has 6 heteroatoms. The Morgan fingerprint density at radius 2 is 2.11 bits per heavy atom. The monoisotopic (exact) mass is 259 g/mol. The van der Waals surface area contributed by atoms with Gasteiger partial charge in [-0.3, -0.25) is 0 Å². The van der Waals surface area contributed by atoms with E-state index in [0.717, 1.165) is 25.6 Å². The molecule has 6 nitrogen and oxygen atoms in total. The van der Waals surface area contributed by atoms with Gasteiger partial charge in [0.1, 0.15) is 0 Å². The lowest BCUT2D eigenvalue weighted by Crippen LogP contribution is -2.21. The summed E-state index contributed by atoms with van der Waals surface area (Å²) in [5.74, 6) is 2.58. The Hall–Kier alpha value is -2.11. The van der Waals surface area contributed by atoms with Crippen molar-refractivity contribution in [3.63, 3.8) is 0 Å². The number of furan rings is 1. The zero-order valence-corrected chi connectivity index (χ0v) is 11.0. The smallest absolute Gasteiger partial charge is 0.230 e. The van der Waals surface area contributed by atoms with Crippen LogP contribution in [0, 0.1) is 0 Å². The standard InChI is InChI=1S/C13H17N5O/c1-2-14-12-15-11(10-6-5-9-19-10)16-13(17-12)18-7-3-4-8-18/h5-6,9H,2-4,7-8H2,1H3,(H,14,15,16,17). The van der Waals surface area contributed by atoms with Gasteiger partial charge in [0.05, 0.1) is 6.26 Å². The van der Waals surface area contributed by atoms with Gasteiger partial charge in [0.2, 0.25) is 17.7 Å². The number of hydrogen-bond acceptors (Lipinski definition) is 6. The van der Waals surface area contributed by atoms with Crippen molar-refractivity contribution in [3.05, 3.63) is 18.4 Å². The van der Waals surface area contributed by atoms with E-state index in [1.54, 1.807) is 6.26 Å². The predicted octanol–water partition coefficient (Wildman–Crippen LogP) is 2.16. The average Bonchev–Trinajstić information content (AvgIpc) is 3.12. The first-order valence-corrected chi connectivity index (χ1v) is 6.65. The van der Waals surface area contributed by atoms with Crippen LogP contribution in [0.1, 0.15) is 19.8 Å². The Labute approximate surface area is 111 Å². The molecule has 0 unspecified atom stereocenters. The summed E-state index contributed by atoms with van der Waals surface area (Å²) in [7, 11) is 0. The Bertz CT molecular complexity index is 534. The summed E-state index contributed by atoms with van der Waals surface area (Å²) in [5.41, 5.74) is 0. The molecule has 2 aromatic heterocycles. The van der Waals surface area contributed by atoms with Gasteiger partial charge in [-0.15, -0.1) is 0 Å². The summed E-state index contributed by atoms with van der Waals surface area (Å²) >= 11 is 0. The molecule has 19 heavy (non-hydrogen) atoms. The van der Waals surface area contributed by atoms with Crippen molar-refractivity contribution in [2.24, 2.45) is 0 Å². The minimum atomic E-state index is 0.581. The molecule has 0 amide bonds. The van der Waals surface area contributed by atoms with E-state index in [4.69, 9.17) is 4.42 Å². The van der Waals surface area contributed by atoms with Gasteiger partial charge < -0.3 is 14.6 Å². The van der Waals surface area contributed by atoms with Crippen LogP contribution in [0.25, 0.3) is 11.6 Å². The lowest BCUT2D eigenvalue weighted by molar-refractivity contribution is 0.576. The number of anilines is 2. The van der Waals surface area contributed by atoms with Crippen molar-refractivity contribution < 1.29 is 4.42 Å². The maximum atomic E-state index is 5.37. The number of nitrogens with zero attached hydrogens (tertiary/aromatic N) is 4. The summed E-state index contributed by atoms with van der Waals surface area (Å²) in [4.78, 5) is 15.5. The van der Waals surface area contributed by atoms with Crippen molar-refractivity contribution in [1.29, 1.82) is 0 Å². The van der Waals surface area contributed by atoms with Crippen LogP contribution >= 0.6 is 0 Å². The maximum Gasteiger partial charge on any atom is 0.230 e. The molecule has 1 aliphatic rings. The lowest BCUT2D eigenvalue weighted by atomic mass is 10.4. The summed E-state index contributed by atoms with van der Waals surface area (Å²) < 4.78 is 5.37. The van der Waals surface area contributed by atoms with E-state index in [0.29, 0.717) is 17.5 Å². The molecule has 0 atom stereocenters. The molecule has 0 radical (unpaired) electrons. The van der Waals surface area contributed by atoms with Crippen LogP contribution in [0.15, 0.2) is 22.8 Å². The summed E-state index contributed by atoms with van der Waals surface area (Å²) in [5, 5.41) is 3.14. The highest BCUT2D eigenvalue weighted by molar-refractivity contribution is 5.52. The van der Waals surface area contributed by atoms with Crippen LogP contribution in [0.5, 0.6) is 0 Å². The number of aromatic nitrogens is 3. The van der Waals surface area contributed by atoms with Crippen LogP contribution < -0.4 is 10.2 Å². The van der Waals surface area contributed by atoms with E-state index in [2.05, 4.69) is 25.2 Å². The van der Waals surface area contributed by atoms with E-state index in [1.807, 2.05) is 19.1 Å². The molecule has 1 fully saturated rings. The second-order valence-corrected chi connectivity index (χ2v) is 4.48. The molecular formula is C13H17N5O. The highest BCUT2D eigenvalue weighted by atomic mass is 16.3. The maximum absolute atomic E-state index is 5.37. The van der Waals surface area contributed by atoms with Crippen LogP contribution in [0.4, 0.5) is 11.9 Å². The van der Waals surface area contributed by atoms with Crippen LogP contribution in [0.3, 0.4) is 0 Å². The van der Waals surface area contributed by atoms with E-state index < -0.39 is 0 Å². The van der Waals surface area contributed by atoms with Gasteiger partial charge in [0, 0.05) is 19.6 Å². The van der Waals surface area contributed by atoms with Crippen LogP contribution in [0.2, 0.25) is 0 Å². The minimum absolute atomic E-state index is 0.581. The number of hydrogen-bond donors (Lipinski definition) is 1. The number of rotatable bonds is 4. The highest BCUT2D eigenvalue weighted by Crippen LogP contribution is 2.22. The van der Waals surface area contributed by atoms with Crippen LogP contribution in [-0.2, 0) is 0 Å². The highest BCUT2D eigenvalue weighted by Gasteiger charge is 2.18. The van der Waals surface area contributed by atoms with Crippen molar-refractivity contribution in [2.45, 2.75) is 19.8 Å². The van der Waals surface area contributed by atoms with E-state index in [1.165, 1.54) is 12.8 Å². The Morgan fingerprint density at radius 1 is 1.26 bits per heavy atom. The zero-order valence-electron chi connectivity index (χ0n) is 11.0. The fourth-order valence-corrected chi connectivity index (χ4v) is 2.18. The summed E-state index contributed by atoms with van der Waals surface area (Å²) in [6.45, 7) is 4.81. The van der Waals surface area contributed by atoms with E-state index >= 15 is 0 Å². The molecule has 0 saturated carbocycles. The SMILES string of the molecule is CCNc1nc(-c2ccco2)nc(N2CCCC2)n1. The molecular weight excluding hydrogens is 242 g/mol. The largest absolute Gasteiger partial charge is 0.461 e. The van der Waals surface area contributed by atoms with Gasteiger partial charge in [-0.05, 0) is 31.9 Å². The third-order valence-corrected chi connectivity index (χ3v) is 3.09. The first-order valence-electron chi connectivity index (χ1n) is 6.65. The average molecular weight is 259 g/mol. The first kappa shape index (κ1) is 12.0. The third kappa shape index (κ3) is 2.52. The second-order valence-electron chi connectivity index (χ2n) is 4.48. The van der Waals surface area contributed by atoms with Crippen LogP contribution in [-0.4, -0.2) is 34.6 Å². The first-order chi connectivity index (χ1) is 9.36. The molecule has 0 bridgehead atoms. The molecule has 3 heterocycles. The van der Waals surface area contributed by atoms with Gasteiger partial charge in [-0.2, -0.15) is 15.0 Å². The van der Waals surface area contributed by atoms with Crippen molar-refractivity contribution in [3.8, 4) is 11.6 Å². The molecule has 1 aliphatic heterocycles. The van der Waals surface area contributed by atoms with E-state index in [-0.39, 0.29) is 0 Å². The Kier molecular flexibility index (Phi) is 3.31. The fraction of sp³-hybridized carbons (Fsp3) is 0.462. The molecule has 0 aromatic carbocycles. The molecule has 1 saturated heterocycles. The minimum Gasteiger partial charge on any atom is -0.461 e. The van der Waals surface area contributed by atoms with Crippen molar-refractivity contribution in [2.75, 3.05) is 29.9 Å². The third-order valence-electron chi connectivity index (χ3n) is 3.09. The quantitative estimate of drug-likeness (QED) is 0.907. The number of nitrogens with one attached hydrogen (secondary N) is 1. The van der Waals surface area contributed by atoms with Crippen molar-refractivity contribution >= 4 is 11.9 Å². The molecule has 0 spiro atoms. The molecule has 3 rings (SSSR count). The van der Waals surface area contributed by atoms with Gasteiger partial charge in [-0.25, -0.2) is 0 Å². The zero-order chi connectivity index (χ0) is 13.1. The van der Waals surface area contributed by atoms with Gasteiger partial charge >= 0.3 is 0 Å². The second kappa shape index (κ2) is 5.26. The van der Waals surface area contributed by atoms with Gasteiger partial charge in [0.15, 0.2) is 5.76 Å². The van der Waals surface area contributed by atoms with Gasteiger partial charge in [-0.1, -0.05) is 0 Å². The summed E-state index contributed by atoms with van der Waals surface area (Å²) in [6, 6.07) is 3.69. The normalized spacial score (nSPS) is 14.9. The predicted molar refractivity (Wildman–Crippen MR) is 73.1 cm³/mol. The summed E-state index contributed by atoms with van der Waals surface area (Å²) in [6.07, 6.45) is 4.01. The Morgan fingerprint density at radius 3 is 2.79 bits per heavy atom. The molecule has 1 N–H and O–H groups in total. The van der Waals surface area contributed by atoms with E-state index in [9.17, 15) is 0 Å². The fourth-order valence-electron chi connectivity index (χ4n) is 2.18. The lowest BCUT2D eigenvalue weighted by Gasteiger charge is -2.16. The van der Waals surface area contributed by atoms with Gasteiger partial charge in [0.25, 0.3) is 0 Å². The van der Waals surface area contributed by atoms with Crippen molar-refractivity contribution in [1.82, 2.24) is 15.0 Å². The Balaban J connectivity index is 1.98. The molecule has 100 valence electrons. The molecule has 0 aliphatic carbocycles.